The molecule has 2 N–H and O–H groups in total. The van der Waals surface area contributed by atoms with Gasteiger partial charge in [-0.25, -0.2) is 8.78 Å². The molecule has 0 heterocycles. The fourth-order valence-corrected chi connectivity index (χ4v) is 1.73. The van der Waals surface area contributed by atoms with Gasteiger partial charge in [-0.05, 0) is 18.9 Å². The van der Waals surface area contributed by atoms with Crippen molar-refractivity contribution < 1.29 is 13.9 Å². The van der Waals surface area contributed by atoms with Gasteiger partial charge in [-0.1, -0.05) is 26.3 Å². The Morgan fingerprint density at radius 2 is 1.94 bits per heavy atom. The highest BCUT2D eigenvalue weighted by Gasteiger charge is 2.16. The van der Waals surface area contributed by atoms with Gasteiger partial charge in [-0.3, -0.25) is 0 Å². The SMILES string of the molecule is CCC(C)C(C)NCC(O)c1ccc(F)cc1F. The first-order chi connectivity index (χ1) is 8.45. The molecule has 0 aromatic heterocycles. The largest absolute Gasteiger partial charge is 0.387 e. The first kappa shape index (κ1) is 15.1. The molecule has 102 valence electrons. The molecule has 0 bridgehead atoms. The molecule has 1 rings (SSSR count). The van der Waals surface area contributed by atoms with E-state index in [1.165, 1.54) is 6.07 Å². The Balaban J connectivity index is 2.57. The summed E-state index contributed by atoms with van der Waals surface area (Å²) in [7, 11) is 0. The van der Waals surface area contributed by atoms with Gasteiger partial charge in [0.25, 0.3) is 0 Å². The number of aliphatic hydroxyl groups excluding tert-OH is 1. The minimum Gasteiger partial charge on any atom is -0.387 e. The van der Waals surface area contributed by atoms with Crippen LogP contribution in [0.2, 0.25) is 0 Å². The van der Waals surface area contributed by atoms with Gasteiger partial charge in [-0.15, -0.1) is 0 Å². The molecule has 0 aliphatic carbocycles. The van der Waals surface area contributed by atoms with E-state index >= 15 is 0 Å². The number of nitrogens with one attached hydrogen (secondary N) is 1. The molecule has 1 aromatic rings. The third-order valence-electron chi connectivity index (χ3n) is 3.45. The van der Waals surface area contributed by atoms with Gasteiger partial charge in [0.05, 0.1) is 6.10 Å². The Labute approximate surface area is 107 Å². The first-order valence-electron chi connectivity index (χ1n) is 6.32. The molecule has 0 aliphatic rings. The number of hydrogen-bond acceptors (Lipinski definition) is 2. The Kier molecular flexibility index (Phi) is 5.69. The molecule has 4 heteroatoms. The van der Waals surface area contributed by atoms with E-state index in [1.807, 2.05) is 6.92 Å². The zero-order valence-corrected chi connectivity index (χ0v) is 11.1. The van der Waals surface area contributed by atoms with Gasteiger partial charge in [0.1, 0.15) is 11.6 Å². The molecule has 0 radical (unpaired) electrons. The van der Waals surface area contributed by atoms with Crippen LogP contribution in [0.3, 0.4) is 0 Å². The zero-order valence-electron chi connectivity index (χ0n) is 11.1. The fourth-order valence-electron chi connectivity index (χ4n) is 1.73. The number of rotatable bonds is 6. The molecule has 0 saturated heterocycles. The maximum Gasteiger partial charge on any atom is 0.131 e. The maximum absolute atomic E-state index is 13.4. The molecule has 0 aliphatic heterocycles. The van der Waals surface area contributed by atoms with Crippen molar-refractivity contribution >= 4 is 0 Å². The molecule has 0 amide bonds. The Bertz CT molecular complexity index is 384. The average Bonchev–Trinajstić information content (AvgIpc) is 2.34. The van der Waals surface area contributed by atoms with E-state index in [2.05, 4.69) is 19.2 Å². The molecule has 2 nitrogen and oxygen atoms in total. The molecule has 3 unspecified atom stereocenters. The summed E-state index contributed by atoms with van der Waals surface area (Å²) in [5.41, 5.74) is 0.125. The van der Waals surface area contributed by atoms with Crippen LogP contribution in [0.15, 0.2) is 18.2 Å². The number of benzene rings is 1. The number of halogens is 2. The van der Waals surface area contributed by atoms with Gasteiger partial charge >= 0.3 is 0 Å². The minimum absolute atomic E-state index is 0.125. The second-order valence-electron chi connectivity index (χ2n) is 4.76. The van der Waals surface area contributed by atoms with Crippen molar-refractivity contribution in [1.82, 2.24) is 5.32 Å². The van der Waals surface area contributed by atoms with Crippen molar-refractivity contribution in [2.45, 2.75) is 39.3 Å². The molecule has 0 spiro atoms. The van der Waals surface area contributed by atoms with Crippen LogP contribution in [0.25, 0.3) is 0 Å². The van der Waals surface area contributed by atoms with Crippen molar-refractivity contribution in [3.63, 3.8) is 0 Å². The summed E-state index contributed by atoms with van der Waals surface area (Å²) in [6.45, 7) is 6.50. The monoisotopic (exact) mass is 257 g/mol. The third-order valence-corrected chi connectivity index (χ3v) is 3.45. The van der Waals surface area contributed by atoms with Crippen LogP contribution >= 0.6 is 0 Å². The van der Waals surface area contributed by atoms with Crippen LogP contribution in [0.1, 0.15) is 38.9 Å². The van der Waals surface area contributed by atoms with Crippen molar-refractivity contribution in [2.24, 2.45) is 5.92 Å². The van der Waals surface area contributed by atoms with Crippen molar-refractivity contribution in [3.8, 4) is 0 Å². The lowest BCUT2D eigenvalue weighted by Gasteiger charge is -2.22. The lowest BCUT2D eigenvalue weighted by Crippen LogP contribution is -2.35. The Morgan fingerprint density at radius 1 is 1.28 bits per heavy atom. The van der Waals surface area contributed by atoms with Gasteiger partial charge < -0.3 is 10.4 Å². The quantitative estimate of drug-likeness (QED) is 0.821. The second-order valence-corrected chi connectivity index (χ2v) is 4.76. The molecule has 3 atom stereocenters. The van der Waals surface area contributed by atoms with E-state index in [4.69, 9.17) is 0 Å². The van der Waals surface area contributed by atoms with E-state index in [9.17, 15) is 13.9 Å². The van der Waals surface area contributed by atoms with Crippen LogP contribution < -0.4 is 5.32 Å². The highest BCUT2D eigenvalue weighted by molar-refractivity contribution is 5.21. The van der Waals surface area contributed by atoms with E-state index in [1.54, 1.807) is 0 Å². The summed E-state index contributed by atoms with van der Waals surface area (Å²) in [5, 5.41) is 13.0. The minimum atomic E-state index is -0.961. The topological polar surface area (TPSA) is 32.3 Å². The summed E-state index contributed by atoms with van der Waals surface area (Å²) >= 11 is 0. The Hall–Kier alpha value is -1.00. The van der Waals surface area contributed by atoms with Gasteiger partial charge in [-0.2, -0.15) is 0 Å². The van der Waals surface area contributed by atoms with Crippen LogP contribution in [-0.4, -0.2) is 17.7 Å². The summed E-state index contributed by atoms with van der Waals surface area (Å²) < 4.78 is 26.2. The lowest BCUT2D eigenvalue weighted by molar-refractivity contribution is 0.161. The van der Waals surface area contributed by atoms with E-state index < -0.39 is 17.7 Å². The predicted molar refractivity (Wildman–Crippen MR) is 68.2 cm³/mol. The molecular formula is C14H21F2NO. The number of aliphatic hydroxyl groups is 1. The molecule has 0 fully saturated rings. The first-order valence-corrected chi connectivity index (χ1v) is 6.32. The highest BCUT2D eigenvalue weighted by atomic mass is 19.1. The second kappa shape index (κ2) is 6.81. The van der Waals surface area contributed by atoms with Gasteiger partial charge in [0, 0.05) is 24.2 Å². The third kappa shape index (κ3) is 4.03. The summed E-state index contributed by atoms with van der Waals surface area (Å²) in [5.74, 6) is -0.861. The summed E-state index contributed by atoms with van der Waals surface area (Å²) in [6.07, 6.45) is 0.0759. The van der Waals surface area contributed by atoms with E-state index in [0.29, 0.717) is 5.92 Å². The van der Waals surface area contributed by atoms with E-state index in [-0.39, 0.29) is 18.2 Å². The zero-order chi connectivity index (χ0) is 13.7. The number of hydrogen-bond donors (Lipinski definition) is 2. The lowest BCUT2D eigenvalue weighted by atomic mass is 10.0. The Morgan fingerprint density at radius 3 is 2.50 bits per heavy atom. The normalized spacial score (nSPS) is 16.3. The van der Waals surface area contributed by atoms with Crippen LogP contribution in [0, 0.1) is 17.6 Å². The highest BCUT2D eigenvalue weighted by Crippen LogP contribution is 2.18. The van der Waals surface area contributed by atoms with Crippen LogP contribution in [-0.2, 0) is 0 Å². The summed E-state index contributed by atoms with van der Waals surface area (Å²) in [6, 6.07) is 3.47. The molecule has 18 heavy (non-hydrogen) atoms. The van der Waals surface area contributed by atoms with Crippen molar-refractivity contribution in [2.75, 3.05) is 6.54 Å². The average molecular weight is 257 g/mol. The van der Waals surface area contributed by atoms with Crippen molar-refractivity contribution in [3.05, 3.63) is 35.4 Å². The van der Waals surface area contributed by atoms with Crippen molar-refractivity contribution in [1.29, 1.82) is 0 Å². The smallest absolute Gasteiger partial charge is 0.131 e. The molecule has 1 aromatic carbocycles. The molecule has 0 saturated carbocycles. The van der Waals surface area contributed by atoms with Gasteiger partial charge in [0.15, 0.2) is 0 Å². The predicted octanol–water partition coefficient (Wildman–Crippen LogP) is 3.02. The summed E-state index contributed by atoms with van der Waals surface area (Å²) in [4.78, 5) is 0. The van der Waals surface area contributed by atoms with E-state index in [0.717, 1.165) is 18.6 Å². The maximum atomic E-state index is 13.4. The fraction of sp³-hybridized carbons (Fsp3) is 0.571. The van der Waals surface area contributed by atoms with Crippen LogP contribution in [0.5, 0.6) is 0 Å². The van der Waals surface area contributed by atoms with Gasteiger partial charge in [0.2, 0.25) is 0 Å². The van der Waals surface area contributed by atoms with Crippen LogP contribution in [0.4, 0.5) is 8.78 Å². The molecular weight excluding hydrogens is 236 g/mol. The standard InChI is InChI=1S/C14H21F2NO/c1-4-9(2)10(3)17-8-14(18)12-6-5-11(15)7-13(12)16/h5-7,9-10,14,17-18H,4,8H2,1-3H3.